The average Bonchev–Trinajstić information content (AvgIpc) is 3.50. The van der Waals surface area contributed by atoms with E-state index in [4.69, 9.17) is 4.42 Å². The Morgan fingerprint density at radius 1 is 1.25 bits per heavy atom. The molecule has 0 radical (unpaired) electrons. The summed E-state index contributed by atoms with van der Waals surface area (Å²) in [6.07, 6.45) is 7.38. The van der Waals surface area contributed by atoms with Crippen LogP contribution in [0.15, 0.2) is 22.7 Å². The second kappa shape index (κ2) is 9.77. The smallest absolute Gasteiger partial charge is 0.291 e. The Morgan fingerprint density at radius 2 is 1.97 bits per heavy atom. The number of amides is 1. The van der Waals surface area contributed by atoms with Gasteiger partial charge in [0.25, 0.3) is 5.91 Å². The van der Waals surface area contributed by atoms with E-state index in [-0.39, 0.29) is 17.7 Å². The molecule has 4 rings (SSSR count). The Kier molecular flexibility index (Phi) is 7.02. The summed E-state index contributed by atoms with van der Waals surface area (Å²) in [5.74, 6) is 1.41. The van der Waals surface area contributed by atoms with Gasteiger partial charge in [-0.05, 0) is 75.1 Å². The normalized spacial score (nSPS) is 23.4. The highest BCUT2D eigenvalue weighted by Gasteiger charge is 2.31. The van der Waals surface area contributed by atoms with Gasteiger partial charge in [-0.3, -0.25) is 20.1 Å². The molecule has 1 saturated heterocycles. The number of rotatable bonds is 7. The first-order valence-corrected chi connectivity index (χ1v) is 11.9. The van der Waals surface area contributed by atoms with Gasteiger partial charge in [0.1, 0.15) is 17.7 Å². The summed E-state index contributed by atoms with van der Waals surface area (Å²) in [7, 11) is 0. The first-order valence-electron chi connectivity index (χ1n) is 11.9. The summed E-state index contributed by atoms with van der Waals surface area (Å²) in [5, 5.41) is 23.7. The number of aliphatic hydroxyl groups excluding tert-OH is 1. The molecule has 2 fully saturated rings. The fraction of sp³-hybridized carbons (Fsp3) is 0.667. The zero-order chi connectivity index (χ0) is 22.7. The van der Waals surface area contributed by atoms with Gasteiger partial charge in [0.15, 0.2) is 5.76 Å². The van der Waals surface area contributed by atoms with Crippen molar-refractivity contribution in [3.63, 3.8) is 0 Å². The largest absolute Gasteiger partial charge is 0.455 e. The molecule has 1 amide bonds. The van der Waals surface area contributed by atoms with Gasteiger partial charge in [0.2, 0.25) is 0 Å². The van der Waals surface area contributed by atoms with Gasteiger partial charge >= 0.3 is 0 Å². The molecule has 8 heteroatoms. The molecule has 3 heterocycles. The Hall–Kier alpha value is -2.16. The van der Waals surface area contributed by atoms with Crippen molar-refractivity contribution in [2.75, 3.05) is 18.4 Å². The van der Waals surface area contributed by atoms with E-state index >= 15 is 0 Å². The molecule has 32 heavy (non-hydrogen) atoms. The van der Waals surface area contributed by atoms with E-state index in [9.17, 15) is 9.90 Å². The van der Waals surface area contributed by atoms with E-state index in [2.05, 4.69) is 46.5 Å². The van der Waals surface area contributed by atoms with Crippen LogP contribution in [0.3, 0.4) is 0 Å². The summed E-state index contributed by atoms with van der Waals surface area (Å²) in [5.41, 5.74) is 1.24. The number of furan rings is 1. The van der Waals surface area contributed by atoms with Gasteiger partial charge < -0.3 is 14.8 Å². The van der Waals surface area contributed by atoms with Crippen LogP contribution in [0.1, 0.15) is 87.5 Å². The predicted octanol–water partition coefficient (Wildman–Crippen LogP) is 4.04. The second-order valence-corrected chi connectivity index (χ2v) is 10.4. The monoisotopic (exact) mass is 443 g/mol. The number of hydrogen-bond donors (Lipinski definition) is 4. The molecule has 1 aliphatic heterocycles. The molecule has 2 aromatic heterocycles. The number of aliphatic hydroxyl groups is 1. The number of hydrogen-bond acceptors (Lipinski definition) is 6. The molecule has 1 unspecified atom stereocenters. The lowest BCUT2D eigenvalue weighted by atomic mass is 9.71. The van der Waals surface area contributed by atoms with Gasteiger partial charge in [-0.15, -0.1) is 0 Å². The topological polar surface area (TPSA) is 106 Å². The molecule has 2 aliphatic rings. The van der Waals surface area contributed by atoms with Crippen molar-refractivity contribution in [3.8, 4) is 0 Å². The third-order valence-corrected chi connectivity index (χ3v) is 7.00. The Labute approximate surface area is 190 Å². The van der Waals surface area contributed by atoms with Gasteiger partial charge in [-0.25, -0.2) is 0 Å². The molecular weight excluding hydrogens is 406 g/mol. The van der Waals surface area contributed by atoms with Crippen molar-refractivity contribution in [2.24, 2.45) is 11.3 Å². The van der Waals surface area contributed by atoms with Crippen LogP contribution in [-0.4, -0.2) is 45.2 Å². The van der Waals surface area contributed by atoms with Gasteiger partial charge in [-0.2, -0.15) is 5.10 Å². The maximum atomic E-state index is 12.7. The van der Waals surface area contributed by atoms with Crippen molar-refractivity contribution in [2.45, 2.75) is 78.1 Å². The second-order valence-electron chi connectivity index (χ2n) is 10.4. The van der Waals surface area contributed by atoms with E-state index in [1.165, 1.54) is 19.0 Å². The van der Waals surface area contributed by atoms with Gasteiger partial charge in [0, 0.05) is 6.04 Å². The van der Waals surface area contributed by atoms with Gasteiger partial charge in [-0.1, -0.05) is 20.8 Å². The maximum absolute atomic E-state index is 12.7. The fourth-order valence-electron chi connectivity index (χ4n) is 4.97. The molecule has 8 nitrogen and oxygen atoms in total. The number of carbonyl (C=O) groups excluding carboxylic acids is 1. The summed E-state index contributed by atoms with van der Waals surface area (Å²) in [6.45, 7) is 9.77. The van der Waals surface area contributed by atoms with Crippen molar-refractivity contribution < 1.29 is 14.3 Å². The van der Waals surface area contributed by atoms with Gasteiger partial charge in [0.05, 0.1) is 18.4 Å². The molecule has 4 N–H and O–H groups in total. The minimum Gasteiger partial charge on any atom is -0.455 e. The highest BCUT2D eigenvalue weighted by atomic mass is 16.4. The fourth-order valence-corrected chi connectivity index (χ4v) is 4.97. The Balaban J connectivity index is 1.31. The first-order chi connectivity index (χ1) is 15.3. The number of aromatic nitrogens is 2. The predicted molar refractivity (Wildman–Crippen MR) is 123 cm³/mol. The van der Waals surface area contributed by atoms with Crippen molar-refractivity contribution in [1.82, 2.24) is 20.4 Å². The maximum Gasteiger partial charge on any atom is 0.291 e. The number of carbonyl (C=O) groups is 1. The number of nitrogens with one attached hydrogen (secondary N) is 3. The average molecular weight is 444 g/mol. The highest BCUT2D eigenvalue weighted by Crippen LogP contribution is 2.38. The van der Waals surface area contributed by atoms with Crippen molar-refractivity contribution >= 4 is 11.6 Å². The number of anilines is 1. The van der Waals surface area contributed by atoms with E-state index in [0.717, 1.165) is 51.1 Å². The van der Waals surface area contributed by atoms with E-state index in [1.807, 2.05) is 6.07 Å². The van der Waals surface area contributed by atoms with Crippen LogP contribution in [0.25, 0.3) is 0 Å². The third-order valence-electron chi connectivity index (χ3n) is 7.00. The molecule has 176 valence electrons. The molecule has 1 atom stereocenters. The minimum absolute atomic E-state index is 0.244. The zero-order valence-electron chi connectivity index (χ0n) is 19.5. The first kappa shape index (κ1) is 23.0. The van der Waals surface area contributed by atoms with Crippen LogP contribution < -0.4 is 10.6 Å². The van der Waals surface area contributed by atoms with Crippen LogP contribution in [0, 0.1) is 11.3 Å². The Morgan fingerprint density at radius 3 is 2.66 bits per heavy atom. The summed E-state index contributed by atoms with van der Waals surface area (Å²) in [4.78, 5) is 15.0. The molecule has 0 bridgehead atoms. The summed E-state index contributed by atoms with van der Waals surface area (Å²) in [6, 6.07) is 3.80. The molecule has 1 aliphatic carbocycles. The van der Waals surface area contributed by atoms with E-state index < -0.39 is 6.23 Å². The highest BCUT2D eigenvalue weighted by molar-refractivity contribution is 6.02. The molecule has 1 saturated carbocycles. The van der Waals surface area contributed by atoms with Crippen LogP contribution in [-0.2, 0) is 6.54 Å². The molecular formula is C24H37N5O3. The van der Waals surface area contributed by atoms with Crippen LogP contribution in [0.5, 0.6) is 0 Å². The lowest BCUT2D eigenvalue weighted by Gasteiger charge is -2.37. The standard InChI is InChI=1S/C24H37N5O3/c1-24(2,3)16-6-8-17(9-7-16)26-23(31)21-19(14-25-28-21)27-22(30)20-11-10-18(32-20)15-29-12-4-5-13-29/h10-11,14,16-17,23,26,31H,4-9,12-13,15H2,1-3H3,(H,25,28)(H,27,30). The van der Waals surface area contributed by atoms with Crippen LogP contribution in [0.2, 0.25) is 0 Å². The number of H-pyrrole nitrogens is 1. The Bertz CT molecular complexity index is 886. The minimum atomic E-state index is -0.925. The molecule has 0 aromatic carbocycles. The third kappa shape index (κ3) is 5.60. The zero-order valence-corrected chi connectivity index (χ0v) is 19.5. The summed E-state index contributed by atoms with van der Waals surface area (Å²) >= 11 is 0. The number of nitrogens with zero attached hydrogens (tertiary/aromatic N) is 2. The lowest BCUT2D eigenvalue weighted by molar-refractivity contribution is 0.0906. The van der Waals surface area contributed by atoms with Crippen LogP contribution >= 0.6 is 0 Å². The molecule has 0 spiro atoms. The lowest BCUT2D eigenvalue weighted by Crippen LogP contribution is -2.38. The quantitative estimate of drug-likeness (QED) is 0.481. The number of aromatic amines is 1. The van der Waals surface area contributed by atoms with E-state index in [1.54, 1.807) is 6.07 Å². The van der Waals surface area contributed by atoms with Crippen molar-refractivity contribution in [1.29, 1.82) is 0 Å². The van der Waals surface area contributed by atoms with Crippen LogP contribution in [0.4, 0.5) is 5.69 Å². The summed E-state index contributed by atoms with van der Waals surface area (Å²) < 4.78 is 5.75. The SMILES string of the molecule is CC(C)(C)C1CCC(NC(O)c2[nH]ncc2NC(=O)c2ccc(CN3CCCC3)o2)CC1. The van der Waals surface area contributed by atoms with E-state index in [0.29, 0.717) is 22.7 Å². The molecule has 2 aromatic rings. The number of likely N-dealkylation sites (tertiary alicyclic amines) is 1. The van der Waals surface area contributed by atoms with Crippen molar-refractivity contribution in [3.05, 3.63) is 35.5 Å².